The van der Waals surface area contributed by atoms with Crippen molar-refractivity contribution in [1.82, 2.24) is 19.6 Å². The van der Waals surface area contributed by atoms with E-state index in [4.69, 9.17) is 37.9 Å². The molecule has 0 bridgehead atoms. The van der Waals surface area contributed by atoms with E-state index in [1.165, 1.54) is 56.7 Å². The molecule has 8 atom stereocenters. The van der Waals surface area contributed by atoms with Crippen LogP contribution in [0.5, 0.6) is 0 Å². The number of amides is 4. The molecule has 23 heteroatoms. The predicted molar refractivity (Wildman–Crippen MR) is 355 cm³/mol. The first-order chi connectivity index (χ1) is 45.1. The van der Waals surface area contributed by atoms with Gasteiger partial charge in [-0.15, -0.1) is 0 Å². The number of benzene rings is 3. The first kappa shape index (κ1) is 74.6. The minimum absolute atomic E-state index is 0.0262. The number of anilines is 2. The van der Waals surface area contributed by atoms with Crippen molar-refractivity contribution < 1.29 is 81.0 Å². The summed E-state index contributed by atoms with van der Waals surface area (Å²) in [6, 6.07) is 19.2. The molecule has 0 N–H and O–H groups in total. The highest BCUT2D eigenvalue weighted by Gasteiger charge is 2.44. The molecule has 2 aliphatic heterocycles. The number of rotatable bonds is 32. The molecule has 2 saturated carbocycles. The Hall–Kier alpha value is -7.79. The molecule has 522 valence electrons. The Morgan fingerprint density at radius 1 is 0.463 bits per heavy atom. The zero-order valence-corrected chi connectivity index (χ0v) is 58.0. The Labute approximate surface area is 560 Å². The van der Waals surface area contributed by atoms with Crippen molar-refractivity contribution in [2.75, 3.05) is 90.6 Å². The maximum absolute atomic E-state index is 15.1. The molecule has 0 aromatic heterocycles. The maximum atomic E-state index is 15.1. The first-order valence-corrected chi connectivity index (χ1v) is 33.7. The van der Waals surface area contributed by atoms with Crippen molar-refractivity contribution >= 4 is 65.0 Å². The lowest BCUT2D eigenvalue weighted by molar-refractivity contribution is -0.175. The third-order valence-electron chi connectivity index (χ3n) is 17.6. The standard InChI is InChI=1S/C72H102N6O17/c1-46(2)39-57(74(11)65(81)62(44-53-25-29-56(30-26-53)78-33-37-89-38-34-78)94-70(86)60(42-51-21-22-51)76(13)71(87)95-72(7,8)9)67(83)91-48(5)63(79)73(10)59(41-50-19-20-50)69(85)93-61(43-52-23-27-55(28-24-52)77-31-35-88-36-32-77)64(80)75(12)58(40-47(3)4)68(84)92-49(6)66(82)90-45-54-17-15-14-16-18-54/h14-18,23-30,46-51,57-62H,19-22,31-45H2,1-13H3/t48-,49-,57+,58+,59+,60+,61-,62-/m1/s1. The summed E-state index contributed by atoms with van der Waals surface area (Å²) >= 11 is 0. The second-order valence-electron chi connectivity index (χ2n) is 27.7. The van der Waals surface area contributed by atoms with E-state index in [-0.39, 0.29) is 68.8 Å². The van der Waals surface area contributed by atoms with Gasteiger partial charge in [-0.05, 0) is 125 Å². The summed E-state index contributed by atoms with van der Waals surface area (Å²) < 4.78 is 46.4. The number of carbonyl (C=O) groups excluding carboxylic acids is 9. The SMILES string of the molecule is CC(C)C[C@@H](C(=O)O[C@H](C)C(=O)N(C)[C@@H](CC1CC1)C(=O)O[C@H](Cc1ccc(N2CCOCC2)cc1)C(=O)N(C)[C@@H](CC(C)C)C(=O)O[C@H](C)C(=O)OCc1ccccc1)N(C)C(=O)[C@@H](Cc1ccc(N2CCOCC2)cc1)OC(=O)[C@H](CC1CC1)N(C)C(=O)OC(C)(C)C. The van der Waals surface area contributed by atoms with Crippen molar-refractivity contribution in [2.45, 2.75) is 187 Å². The topological polar surface area (TPSA) is 247 Å². The van der Waals surface area contributed by atoms with Crippen LogP contribution in [0.15, 0.2) is 78.9 Å². The lowest BCUT2D eigenvalue weighted by atomic mass is 10.0. The molecule has 2 heterocycles. The Bertz CT molecular complexity index is 3050. The van der Waals surface area contributed by atoms with Crippen LogP contribution in [0.2, 0.25) is 0 Å². The average molecular weight is 1320 g/mol. The zero-order chi connectivity index (χ0) is 69.3. The van der Waals surface area contributed by atoms with Gasteiger partial charge in [0.2, 0.25) is 0 Å². The summed E-state index contributed by atoms with van der Waals surface area (Å²) in [4.78, 5) is 139. The van der Waals surface area contributed by atoms with E-state index in [1.54, 1.807) is 45.0 Å². The van der Waals surface area contributed by atoms with E-state index >= 15 is 9.59 Å². The van der Waals surface area contributed by atoms with Crippen molar-refractivity contribution in [3.63, 3.8) is 0 Å². The van der Waals surface area contributed by atoms with Crippen molar-refractivity contribution in [2.24, 2.45) is 23.7 Å². The Kier molecular flexibility index (Phi) is 27.3. The molecule has 2 aliphatic carbocycles. The van der Waals surface area contributed by atoms with Crippen LogP contribution in [0, 0.1) is 23.7 Å². The second-order valence-corrected chi connectivity index (χ2v) is 27.7. The molecule has 0 radical (unpaired) electrons. The summed E-state index contributed by atoms with van der Waals surface area (Å²) in [6.07, 6.45) is -2.91. The van der Waals surface area contributed by atoms with Crippen LogP contribution >= 0.6 is 0 Å². The molecule has 2 saturated heterocycles. The van der Waals surface area contributed by atoms with Crippen molar-refractivity contribution in [1.29, 1.82) is 0 Å². The van der Waals surface area contributed by atoms with Gasteiger partial charge in [0.05, 0.1) is 26.4 Å². The van der Waals surface area contributed by atoms with E-state index < -0.39 is 108 Å². The Balaban J connectivity index is 1.10. The Morgan fingerprint density at radius 2 is 0.842 bits per heavy atom. The maximum Gasteiger partial charge on any atom is 0.410 e. The Morgan fingerprint density at radius 3 is 1.23 bits per heavy atom. The number of nitrogens with zero attached hydrogens (tertiary/aromatic N) is 6. The van der Waals surface area contributed by atoms with Gasteiger partial charge in [-0.3, -0.25) is 19.3 Å². The number of hydrogen-bond acceptors (Lipinski definition) is 19. The van der Waals surface area contributed by atoms with Gasteiger partial charge in [-0.2, -0.15) is 0 Å². The lowest BCUT2D eigenvalue weighted by Crippen LogP contribution is -2.53. The summed E-state index contributed by atoms with van der Waals surface area (Å²) in [5.41, 5.74) is 3.05. The third kappa shape index (κ3) is 22.7. The summed E-state index contributed by atoms with van der Waals surface area (Å²) in [5.74, 6) is -6.69. The molecule has 4 amide bonds. The van der Waals surface area contributed by atoms with Crippen LogP contribution < -0.4 is 9.80 Å². The van der Waals surface area contributed by atoms with Gasteiger partial charge in [-0.25, -0.2) is 28.8 Å². The van der Waals surface area contributed by atoms with Crippen LogP contribution in [-0.2, 0) is 95.7 Å². The highest BCUT2D eigenvalue weighted by molar-refractivity contribution is 5.93. The minimum atomic E-state index is -1.53. The van der Waals surface area contributed by atoms with Gasteiger partial charge < -0.3 is 62.4 Å². The molecular weight excluding hydrogens is 1220 g/mol. The second kappa shape index (κ2) is 34.8. The molecule has 7 rings (SSSR count). The minimum Gasteiger partial charge on any atom is -0.458 e. The smallest absolute Gasteiger partial charge is 0.410 e. The number of likely N-dealkylation sites (N-methyl/N-ethyl adjacent to an activating group) is 4. The summed E-state index contributed by atoms with van der Waals surface area (Å²) in [5, 5.41) is 0. The predicted octanol–water partition coefficient (Wildman–Crippen LogP) is 7.98. The number of carbonyl (C=O) groups is 9. The van der Waals surface area contributed by atoms with Crippen molar-refractivity contribution in [3.8, 4) is 0 Å². The van der Waals surface area contributed by atoms with Gasteiger partial charge in [0.1, 0.15) is 36.4 Å². The number of morpholine rings is 2. The van der Waals surface area contributed by atoms with E-state index in [9.17, 15) is 33.6 Å². The fraction of sp³-hybridized carbons (Fsp3) is 0.625. The third-order valence-corrected chi connectivity index (χ3v) is 17.6. The summed E-state index contributed by atoms with van der Waals surface area (Å²) in [6.45, 7) is 20.4. The fourth-order valence-electron chi connectivity index (χ4n) is 11.5. The molecule has 4 aliphatic rings. The lowest BCUT2D eigenvalue weighted by Gasteiger charge is -2.34. The zero-order valence-electron chi connectivity index (χ0n) is 58.0. The molecule has 3 aromatic rings. The van der Waals surface area contributed by atoms with Gasteiger partial charge in [0.15, 0.2) is 24.4 Å². The largest absolute Gasteiger partial charge is 0.458 e. The monoisotopic (exact) mass is 1320 g/mol. The number of hydrogen-bond donors (Lipinski definition) is 0. The van der Waals surface area contributed by atoms with Crippen LogP contribution in [-0.4, -0.2) is 208 Å². The highest BCUT2D eigenvalue weighted by Crippen LogP contribution is 2.37. The van der Waals surface area contributed by atoms with Crippen molar-refractivity contribution in [3.05, 3.63) is 95.6 Å². The van der Waals surface area contributed by atoms with Crippen LogP contribution in [0.3, 0.4) is 0 Å². The van der Waals surface area contributed by atoms with Gasteiger partial charge in [0, 0.05) is 78.6 Å². The molecule has 95 heavy (non-hydrogen) atoms. The van der Waals surface area contributed by atoms with E-state index in [0.29, 0.717) is 63.7 Å². The average Bonchev–Trinajstić information content (AvgIpc) is 1.62. The van der Waals surface area contributed by atoms with E-state index in [2.05, 4.69) is 9.80 Å². The summed E-state index contributed by atoms with van der Waals surface area (Å²) in [7, 11) is 5.70. The van der Waals surface area contributed by atoms with Crippen LogP contribution in [0.4, 0.5) is 16.2 Å². The fourth-order valence-corrected chi connectivity index (χ4v) is 11.5. The molecule has 0 unspecified atom stereocenters. The molecule has 0 spiro atoms. The quantitative estimate of drug-likeness (QED) is 0.0424. The van der Waals surface area contributed by atoms with Gasteiger partial charge in [0.25, 0.3) is 17.7 Å². The number of ether oxygens (including phenoxy) is 8. The van der Waals surface area contributed by atoms with Gasteiger partial charge >= 0.3 is 35.9 Å². The van der Waals surface area contributed by atoms with Gasteiger partial charge in [-0.1, -0.05) is 108 Å². The van der Waals surface area contributed by atoms with E-state index in [1.807, 2.05) is 82.3 Å². The van der Waals surface area contributed by atoms with Crippen LogP contribution in [0.25, 0.3) is 0 Å². The number of esters is 5. The highest BCUT2D eigenvalue weighted by atomic mass is 16.6. The first-order valence-electron chi connectivity index (χ1n) is 33.7. The normalized spacial score (nSPS) is 17.5. The molecule has 4 fully saturated rings. The van der Waals surface area contributed by atoms with E-state index in [0.717, 1.165) is 47.5 Å². The molecular formula is C72H102N6O17. The molecule has 3 aromatic carbocycles. The van der Waals surface area contributed by atoms with Crippen LogP contribution in [0.1, 0.15) is 130 Å². The molecule has 23 nitrogen and oxygen atoms in total.